The van der Waals surface area contributed by atoms with Crippen LogP contribution in [-0.2, 0) is 22.7 Å². The van der Waals surface area contributed by atoms with Crippen LogP contribution in [0.5, 0.6) is 0 Å². The van der Waals surface area contributed by atoms with Crippen LogP contribution < -0.4 is 5.32 Å². The Hall–Kier alpha value is -3.13. The Bertz CT molecular complexity index is 1020. The van der Waals surface area contributed by atoms with E-state index in [0.717, 1.165) is 17.4 Å². The maximum atomic E-state index is 12.9. The summed E-state index contributed by atoms with van der Waals surface area (Å²) in [5, 5.41) is 8.29. The molecule has 8 nitrogen and oxygen atoms in total. The molecule has 1 N–H and O–H groups in total. The van der Waals surface area contributed by atoms with Crippen molar-refractivity contribution in [2.75, 3.05) is 32.0 Å². The number of hydrogen-bond donors (Lipinski definition) is 1. The van der Waals surface area contributed by atoms with E-state index >= 15 is 0 Å². The fourth-order valence-electron chi connectivity index (χ4n) is 3.72. The number of rotatable bonds is 5. The number of anilines is 1. The van der Waals surface area contributed by atoms with Crippen molar-refractivity contribution in [3.63, 3.8) is 0 Å². The quantitative estimate of drug-likeness (QED) is 0.714. The van der Waals surface area contributed by atoms with E-state index in [0.29, 0.717) is 25.5 Å². The molecule has 0 radical (unpaired) electrons. The molecule has 1 atom stereocenters. The van der Waals surface area contributed by atoms with Crippen LogP contribution in [0, 0.1) is 0 Å². The summed E-state index contributed by atoms with van der Waals surface area (Å²) in [5.41, 5.74) is 1.04. The van der Waals surface area contributed by atoms with Crippen LogP contribution in [0.2, 0.25) is 0 Å². The van der Waals surface area contributed by atoms with E-state index in [4.69, 9.17) is 0 Å². The minimum atomic E-state index is -0.402. The normalized spacial score (nSPS) is 17.6. The molecule has 2 aromatic heterocycles. The Morgan fingerprint density at radius 1 is 1.14 bits per heavy atom. The van der Waals surface area contributed by atoms with Gasteiger partial charge in [0.1, 0.15) is 12.6 Å². The van der Waals surface area contributed by atoms with Crippen LogP contribution in [0.1, 0.15) is 6.92 Å². The fourth-order valence-corrected chi connectivity index (χ4v) is 3.72. The van der Waals surface area contributed by atoms with Crippen molar-refractivity contribution in [1.29, 1.82) is 0 Å². The Labute approximate surface area is 169 Å². The van der Waals surface area contributed by atoms with Crippen LogP contribution in [0.25, 0.3) is 10.9 Å². The SMILES string of the molecule is CCn1ccc(NC(=O)[C@H]2CN(C(=O)Cn3ccc4ccccc43)CCN2C)n1. The first-order chi connectivity index (χ1) is 14.0. The van der Waals surface area contributed by atoms with E-state index in [1.54, 1.807) is 15.6 Å². The number of aromatic nitrogens is 3. The minimum Gasteiger partial charge on any atom is -0.338 e. The van der Waals surface area contributed by atoms with Gasteiger partial charge in [0.2, 0.25) is 11.8 Å². The lowest BCUT2D eigenvalue weighted by Crippen LogP contribution is -2.58. The highest BCUT2D eigenvalue weighted by Crippen LogP contribution is 2.16. The lowest BCUT2D eigenvalue weighted by Gasteiger charge is -2.38. The topological polar surface area (TPSA) is 75.4 Å². The maximum absolute atomic E-state index is 12.9. The fraction of sp³-hybridized carbons (Fsp3) is 0.381. The zero-order valence-electron chi connectivity index (χ0n) is 16.8. The molecule has 8 heteroatoms. The van der Waals surface area contributed by atoms with Crippen LogP contribution >= 0.6 is 0 Å². The molecule has 1 aliphatic heterocycles. The average Bonchev–Trinajstić information content (AvgIpc) is 3.35. The van der Waals surface area contributed by atoms with E-state index in [1.165, 1.54) is 0 Å². The molecule has 29 heavy (non-hydrogen) atoms. The molecule has 0 unspecified atom stereocenters. The number of likely N-dealkylation sites (N-methyl/N-ethyl adjacent to an activating group) is 1. The highest BCUT2D eigenvalue weighted by atomic mass is 16.2. The second-order valence-corrected chi connectivity index (χ2v) is 7.38. The first-order valence-electron chi connectivity index (χ1n) is 9.91. The molecule has 4 rings (SSSR count). The molecule has 2 amide bonds. The van der Waals surface area contributed by atoms with Crippen LogP contribution in [0.15, 0.2) is 48.8 Å². The number of piperazine rings is 1. The van der Waals surface area contributed by atoms with E-state index in [9.17, 15) is 9.59 Å². The molecule has 3 heterocycles. The van der Waals surface area contributed by atoms with Crippen LogP contribution in [0.3, 0.4) is 0 Å². The van der Waals surface area contributed by atoms with Gasteiger partial charge in [0, 0.05) is 50.2 Å². The van der Waals surface area contributed by atoms with E-state index in [2.05, 4.69) is 10.4 Å². The molecular formula is C21H26N6O2. The molecule has 1 aliphatic rings. The summed E-state index contributed by atoms with van der Waals surface area (Å²) < 4.78 is 3.72. The van der Waals surface area contributed by atoms with Crippen LogP contribution in [-0.4, -0.2) is 68.7 Å². The lowest BCUT2D eigenvalue weighted by atomic mass is 10.1. The highest BCUT2D eigenvalue weighted by molar-refractivity contribution is 5.94. The van der Waals surface area contributed by atoms with E-state index < -0.39 is 6.04 Å². The zero-order valence-corrected chi connectivity index (χ0v) is 16.8. The molecule has 0 bridgehead atoms. The van der Waals surface area contributed by atoms with Gasteiger partial charge in [0.05, 0.1) is 0 Å². The summed E-state index contributed by atoms with van der Waals surface area (Å²) in [6.07, 6.45) is 3.77. The number of carbonyl (C=O) groups is 2. The molecular weight excluding hydrogens is 368 g/mol. The number of hydrogen-bond acceptors (Lipinski definition) is 4. The van der Waals surface area contributed by atoms with Crippen molar-refractivity contribution in [3.8, 4) is 0 Å². The van der Waals surface area contributed by atoms with Gasteiger partial charge in [-0.3, -0.25) is 19.2 Å². The highest BCUT2D eigenvalue weighted by Gasteiger charge is 2.32. The number of nitrogens with zero attached hydrogens (tertiary/aromatic N) is 5. The Balaban J connectivity index is 1.42. The Kier molecular flexibility index (Phi) is 5.35. The number of carbonyl (C=O) groups excluding carboxylic acids is 2. The monoisotopic (exact) mass is 394 g/mol. The van der Waals surface area contributed by atoms with E-state index in [-0.39, 0.29) is 18.4 Å². The van der Waals surface area contributed by atoms with Gasteiger partial charge in [0.15, 0.2) is 5.82 Å². The molecule has 1 fully saturated rings. The smallest absolute Gasteiger partial charge is 0.244 e. The first kappa shape index (κ1) is 19.2. The maximum Gasteiger partial charge on any atom is 0.244 e. The second kappa shape index (κ2) is 8.08. The average molecular weight is 394 g/mol. The van der Waals surface area contributed by atoms with Crippen molar-refractivity contribution >= 4 is 28.5 Å². The van der Waals surface area contributed by atoms with Gasteiger partial charge >= 0.3 is 0 Å². The summed E-state index contributed by atoms with van der Waals surface area (Å²) in [6.45, 7) is 4.64. The Morgan fingerprint density at radius 2 is 1.97 bits per heavy atom. The standard InChI is InChI=1S/C21H26N6O2/c1-3-27-11-9-19(23-27)22-21(29)18-14-26(13-12-24(18)2)20(28)15-25-10-8-16-6-4-5-7-17(16)25/h4-11,18H,3,12-15H2,1-2H3,(H,22,23,29)/t18-/m1/s1. The van der Waals surface area contributed by atoms with Crippen LogP contribution in [0.4, 0.5) is 5.82 Å². The predicted molar refractivity (Wildman–Crippen MR) is 111 cm³/mol. The summed E-state index contributed by atoms with van der Waals surface area (Å²) in [4.78, 5) is 29.5. The van der Waals surface area contributed by atoms with Crippen molar-refractivity contribution in [3.05, 3.63) is 48.8 Å². The van der Waals surface area contributed by atoms with Crippen molar-refractivity contribution in [2.24, 2.45) is 0 Å². The summed E-state index contributed by atoms with van der Waals surface area (Å²) in [7, 11) is 1.91. The number of benzene rings is 1. The number of fused-ring (bicyclic) bond motifs is 1. The number of para-hydroxylation sites is 1. The molecule has 0 saturated carbocycles. The third-order valence-corrected chi connectivity index (χ3v) is 5.51. The van der Waals surface area contributed by atoms with Crippen molar-refractivity contribution in [2.45, 2.75) is 26.1 Å². The minimum absolute atomic E-state index is 0.0208. The largest absolute Gasteiger partial charge is 0.338 e. The molecule has 0 aliphatic carbocycles. The van der Waals surface area contributed by atoms with Gasteiger partial charge < -0.3 is 14.8 Å². The third-order valence-electron chi connectivity index (χ3n) is 5.51. The van der Waals surface area contributed by atoms with Gasteiger partial charge in [-0.2, -0.15) is 5.10 Å². The van der Waals surface area contributed by atoms with E-state index in [1.807, 2.05) is 66.2 Å². The summed E-state index contributed by atoms with van der Waals surface area (Å²) >= 11 is 0. The van der Waals surface area contributed by atoms with Gasteiger partial charge in [0.25, 0.3) is 0 Å². The first-order valence-corrected chi connectivity index (χ1v) is 9.91. The number of nitrogens with one attached hydrogen (secondary N) is 1. The molecule has 0 spiro atoms. The summed E-state index contributed by atoms with van der Waals surface area (Å²) in [5.74, 6) is 0.415. The lowest BCUT2D eigenvalue weighted by molar-refractivity contribution is -0.136. The zero-order chi connectivity index (χ0) is 20.4. The van der Waals surface area contributed by atoms with Gasteiger partial charge in [-0.05, 0) is 31.5 Å². The molecule has 1 saturated heterocycles. The van der Waals surface area contributed by atoms with Crippen molar-refractivity contribution < 1.29 is 9.59 Å². The van der Waals surface area contributed by atoms with Gasteiger partial charge in [-0.25, -0.2) is 0 Å². The number of amides is 2. The third kappa shape index (κ3) is 4.02. The van der Waals surface area contributed by atoms with Gasteiger partial charge in [-0.15, -0.1) is 0 Å². The Morgan fingerprint density at radius 3 is 2.76 bits per heavy atom. The van der Waals surface area contributed by atoms with Gasteiger partial charge in [-0.1, -0.05) is 18.2 Å². The second-order valence-electron chi connectivity index (χ2n) is 7.38. The summed E-state index contributed by atoms with van der Waals surface area (Å²) in [6, 6.07) is 11.4. The predicted octanol–water partition coefficient (Wildman–Crippen LogP) is 1.64. The molecule has 3 aromatic rings. The number of aryl methyl sites for hydroxylation is 1. The molecule has 1 aromatic carbocycles. The molecule has 152 valence electrons. The van der Waals surface area contributed by atoms with Crippen molar-refractivity contribution in [1.82, 2.24) is 24.1 Å².